The van der Waals surface area contributed by atoms with Crippen LogP contribution in [-0.4, -0.2) is 37.0 Å². The highest BCUT2D eigenvalue weighted by atomic mass is 32.2. The number of ether oxygens (including phenoxy) is 2. The summed E-state index contributed by atoms with van der Waals surface area (Å²) in [5.74, 6) is 0.666. The van der Waals surface area contributed by atoms with Gasteiger partial charge < -0.3 is 25.4 Å². The second-order valence-electron chi connectivity index (χ2n) is 9.69. The van der Waals surface area contributed by atoms with Crippen molar-refractivity contribution in [3.05, 3.63) is 100 Å². The van der Waals surface area contributed by atoms with Crippen molar-refractivity contribution in [2.75, 3.05) is 35.9 Å². The minimum atomic E-state index is -0.412. The summed E-state index contributed by atoms with van der Waals surface area (Å²) in [6.45, 7) is 0. The zero-order valence-corrected chi connectivity index (χ0v) is 25.7. The van der Waals surface area contributed by atoms with E-state index in [1.807, 2.05) is 54.6 Å². The SMILES string of the molecule is COC(=O)c1c(NC(=O)CSc2cccc(NC(=S)Nc3ccccc3OC)c2)sc2c1CCC(c1ccccc1)C2. The van der Waals surface area contributed by atoms with Crippen molar-refractivity contribution < 1.29 is 19.1 Å². The van der Waals surface area contributed by atoms with E-state index in [-0.39, 0.29) is 11.7 Å². The molecule has 1 aliphatic rings. The molecule has 1 atom stereocenters. The Balaban J connectivity index is 1.21. The van der Waals surface area contributed by atoms with Crippen LogP contribution in [0.4, 0.5) is 16.4 Å². The number of para-hydroxylation sites is 2. The average Bonchev–Trinajstić information content (AvgIpc) is 3.37. The third-order valence-electron chi connectivity index (χ3n) is 7.00. The predicted octanol–water partition coefficient (Wildman–Crippen LogP) is 7.36. The van der Waals surface area contributed by atoms with Crippen LogP contribution < -0.4 is 20.7 Å². The molecule has 0 bridgehead atoms. The number of thiophene rings is 1. The molecule has 7 nitrogen and oxygen atoms in total. The van der Waals surface area contributed by atoms with E-state index in [1.54, 1.807) is 7.11 Å². The van der Waals surface area contributed by atoms with Crippen molar-refractivity contribution in [3.8, 4) is 5.75 Å². The number of benzene rings is 3. The number of rotatable bonds is 9. The molecule has 1 aromatic heterocycles. The van der Waals surface area contributed by atoms with E-state index < -0.39 is 5.97 Å². The molecule has 0 fully saturated rings. The number of thiocarbonyl (C=S) groups is 1. The van der Waals surface area contributed by atoms with Crippen LogP contribution in [0.3, 0.4) is 0 Å². The lowest BCUT2D eigenvalue weighted by Crippen LogP contribution is -2.19. The van der Waals surface area contributed by atoms with Crippen molar-refractivity contribution in [2.45, 2.75) is 30.1 Å². The normalized spacial score (nSPS) is 13.9. The third kappa shape index (κ3) is 7.13. The fraction of sp³-hybridized carbons (Fsp3) is 0.219. The number of hydrogen-bond acceptors (Lipinski definition) is 7. The Labute approximate surface area is 259 Å². The van der Waals surface area contributed by atoms with E-state index in [1.165, 1.54) is 35.8 Å². The van der Waals surface area contributed by atoms with E-state index in [2.05, 4.69) is 40.2 Å². The molecule has 3 aromatic carbocycles. The van der Waals surface area contributed by atoms with Gasteiger partial charge in [0.15, 0.2) is 5.11 Å². The van der Waals surface area contributed by atoms with Crippen LogP contribution in [0.25, 0.3) is 0 Å². The number of nitrogens with one attached hydrogen (secondary N) is 3. The molecule has 0 aliphatic heterocycles. The number of amides is 1. The van der Waals surface area contributed by atoms with Gasteiger partial charge in [0.05, 0.1) is 31.2 Å². The smallest absolute Gasteiger partial charge is 0.341 e. The van der Waals surface area contributed by atoms with Gasteiger partial charge in [0.1, 0.15) is 10.8 Å². The second kappa shape index (κ2) is 13.9. The van der Waals surface area contributed by atoms with Gasteiger partial charge in [-0.05, 0) is 78.9 Å². The molecule has 216 valence electrons. The van der Waals surface area contributed by atoms with Gasteiger partial charge in [0, 0.05) is 15.5 Å². The summed E-state index contributed by atoms with van der Waals surface area (Å²) in [4.78, 5) is 27.8. The number of fused-ring (bicyclic) bond motifs is 1. The van der Waals surface area contributed by atoms with Crippen molar-refractivity contribution in [1.82, 2.24) is 0 Å². The molecule has 10 heteroatoms. The number of carbonyl (C=O) groups is 2. The Bertz CT molecular complexity index is 1590. The van der Waals surface area contributed by atoms with Gasteiger partial charge in [-0.2, -0.15) is 0 Å². The summed E-state index contributed by atoms with van der Waals surface area (Å²) in [5, 5.41) is 10.3. The fourth-order valence-corrected chi connectivity index (χ4v) is 7.32. The molecule has 4 aromatic rings. The van der Waals surface area contributed by atoms with Gasteiger partial charge in [-0.1, -0.05) is 48.5 Å². The maximum Gasteiger partial charge on any atom is 0.341 e. The summed E-state index contributed by atoms with van der Waals surface area (Å²) >= 11 is 8.37. The highest BCUT2D eigenvalue weighted by Crippen LogP contribution is 2.43. The molecule has 0 spiro atoms. The van der Waals surface area contributed by atoms with Crippen LogP contribution in [0, 0.1) is 0 Å². The number of carbonyl (C=O) groups excluding carboxylic acids is 2. The first kappa shape index (κ1) is 29.6. The molecule has 1 unspecified atom stereocenters. The predicted molar refractivity (Wildman–Crippen MR) is 175 cm³/mol. The lowest BCUT2D eigenvalue weighted by atomic mass is 9.83. The Kier molecular flexibility index (Phi) is 9.78. The van der Waals surface area contributed by atoms with Crippen LogP contribution in [0.2, 0.25) is 0 Å². The Hall–Kier alpha value is -3.86. The summed E-state index contributed by atoms with van der Waals surface area (Å²) in [5.41, 5.74) is 4.34. The number of anilines is 3. The third-order valence-corrected chi connectivity index (χ3v) is 9.36. The van der Waals surface area contributed by atoms with E-state index >= 15 is 0 Å². The molecule has 5 rings (SSSR count). The van der Waals surface area contributed by atoms with Crippen molar-refractivity contribution in [1.29, 1.82) is 0 Å². The Morgan fingerprint density at radius 3 is 2.55 bits per heavy atom. The zero-order valence-electron chi connectivity index (χ0n) is 23.3. The highest BCUT2D eigenvalue weighted by molar-refractivity contribution is 8.00. The lowest BCUT2D eigenvalue weighted by Gasteiger charge is -2.22. The minimum Gasteiger partial charge on any atom is -0.495 e. The molecule has 3 N–H and O–H groups in total. The van der Waals surface area contributed by atoms with Crippen LogP contribution in [0.1, 0.15) is 38.7 Å². The van der Waals surface area contributed by atoms with E-state index in [4.69, 9.17) is 21.7 Å². The maximum absolute atomic E-state index is 13.0. The van der Waals surface area contributed by atoms with E-state index in [0.717, 1.165) is 46.0 Å². The van der Waals surface area contributed by atoms with Crippen LogP contribution in [0.15, 0.2) is 83.8 Å². The van der Waals surface area contributed by atoms with Crippen molar-refractivity contribution in [2.24, 2.45) is 0 Å². The molecule has 42 heavy (non-hydrogen) atoms. The number of thioether (sulfide) groups is 1. The quantitative estimate of drug-likeness (QED) is 0.102. The molecule has 0 saturated carbocycles. The standard InChI is InChI=1S/C32H31N3O4S3/c1-38-26-14-7-6-13-25(26)34-32(40)33-22-11-8-12-23(18-22)41-19-28(36)35-30-29(31(37)39-2)24-16-15-21(17-27(24)42-30)20-9-4-3-5-10-20/h3-14,18,21H,15-17,19H2,1-2H3,(H,35,36)(H2,33,34,40). The molecular weight excluding hydrogens is 587 g/mol. The fourth-order valence-electron chi connectivity index (χ4n) is 5.01. The van der Waals surface area contributed by atoms with Gasteiger partial charge in [0.25, 0.3) is 0 Å². The molecule has 1 amide bonds. The number of esters is 1. The van der Waals surface area contributed by atoms with E-state index in [9.17, 15) is 9.59 Å². The maximum atomic E-state index is 13.0. The average molecular weight is 618 g/mol. The summed E-state index contributed by atoms with van der Waals surface area (Å²) < 4.78 is 10.5. The van der Waals surface area contributed by atoms with Gasteiger partial charge in [-0.3, -0.25) is 4.79 Å². The van der Waals surface area contributed by atoms with Crippen molar-refractivity contribution in [3.63, 3.8) is 0 Å². The summed E-state index contributed by atoms with van der Waals surface area (Å²) in [6, 6.07) is 25.6. The van der Waals surface area contributed by atoms with Crippen LogP contribution in [-0.2, 0) is 22.4 Å². The van der Waals surface area contributed by atoms with Crippen LogP contribution in [0.5, 0.6) is 5.75 Å². The van der Waals surface area contributed by atoms with Crippen molar-refractivity contribution >= 4 is 68.7 Å². The lowest BCUT2D eigenvalue weighted by molar-refractivity contribution is -0.113. The van der Waals surface area contributed by atoms with Crippen LogP contribution >= 0.6 is 35.3 Å². The molecule has 1 aliphatic carbocycles. The first-order valence-electron chi connectivity index (χ1n) is 13.5. The first-order chi connectivity index (χ1) is 20.4. The monoisotopic (exact) mass is 617 g/mol. The highest BCUT2D eigenvalue weighted by Gasteiger charge is 2.30. The summed E-state index contributed by atoms with van der Waals surface area (Å²) in [6.07, 6.45) is 2.56. The number of hydrogen-bond donors (Lipinski definition) is 3. The van der Waals surface area contributed by atoms with Gasteiger partial charge in [-0.25, -0.2) is 4.79 Å². The first-order valence-corrected chi connectivity index (χ1v) is 15.7. The van der Waals surface area contributed by atoms with Gasteiger partial charge in [0.2, 0.25) is 5.91 Å². The second-order valence-corrected chi connectivity index (χ2v) is 12.3. The Morgan fingerprint density at radius 1 is 0.976 bits per heavy atom. The topological polar surface area (TPSA) is 88.7 Å². The zero-order chi connectivity index (χ0) is 29.5. The minimum absolute atomic E-state index is 0.184. The van der Waals surface area contributed by atoms with Gasteiger partial charge in [-0.15, -0.1) is 23.1 Å². The molecule has 0 radical (unpaired) electrons. The number of methoxy groups -OCH3 is 2. The largest absolute Gasteiger partial charge is 0.495 e. The molecule has 0 saturated heterocycles. The molecular formula is C32H31N3O4S3. The molecule has 1 heterocycles. The van der Waals surface area contributed by atoms with Gasteiger partial charge >= 0.3 is 5.97 Å². The Morgan fingerprint density at radius 2 is 1.76 bits per heavy atom. The summed E-state index contributed by atoms with van der Waals surface area (Å²) in [7, 11) is 2.99. The van der Waals surface area contributed by atoms with E-state index in [0.29, 0.717) is 27.3 Å².